The van der Waals surface area contributed by atoms with Crippen molar-refractivity contribution in [3.05, 3.63) is 94.4 Å². The number of thioether (sulfide) groups is 1. The lowest BCUT2D eigenvalue weighted by atomic mass is 9.99. The third kappa shape index (κ3) is 7.87. The van der Waals surface area contributed by atoms with Gasteiger partial charge in [0.05, 0.1) is 31.3 Å². The fourth-order valence-electron chi connectivity index (χ4n) is 4.12. The molecule has 0 N–H and O–H groups in total. The van der Waals surface area contributed by atoms with Crippen molar-refractivity contribution in [3.8, 4) is 17.2 Å². The van der Waals surface area contributed by atoms with E-state index in [1.807, 2.05) is 73.7 Å². The van der Waals surface area contributed by atoms with E-state index in [1.165, 1.54) is 17.3 Å². The molecule has 0 spiro atoms. The highest BCUT2D eigenvalue weighted by Gasteiger charge is 2.32. The molecule has 0 aromatic heterocycles. The Labute approximate surface area is 241 Å². The van der Waals surface area contributed by atoms with Crippen molar-refractivity contribution in [2.45, 2.75) is 46.1 Å². The molecular weight excluding hydrogens is 526 g/mol. The Bertz CT molecular complexity index is 1290. The van der Waals surface area contributed by atoms with Gasteiger partial charge in [-0.05, 0) is 66.3 Å². The van der Waals surface area contributed by atoms with Gasteiger partial charge in [-0.2, -0.15) is 0 Å². The van der Waals surface area contributed by atoms with Gasteiger partial charge in [0.2, 0.25) is 0 Å². The molecule has 1 atom stereocenters. The fraction of sp³-hybridized carbons (Fsp3) is 0.312. The van der Waals surface area contributed by atoms with E-state index < -0.39 is 0 Å². The van der Waals surface area contributed by atoms with E-state index in [-0.39, 0.29) is 5.91 Å². The van der Waals surface area contributed by atoms with Gasteiger partial charge in [0.1, 0.15) is 10.1 Å². The molecule has 1 aliphatic rings. The van der Waals surface area contributed by atoms with Crippen molar-refractivity contribution in [3.63, 3.8) is 0 Å². The van der Waals surface area contributed by atoms with Crippen LogP contribution in [-0.4, -0.2) is 34.9 Å². The van der Waals surface area contributed by atoms with E-state index in [0.29, 0.717) is 53.0 Å². The van der Waals surface area contributed by atoms with Crippen LogP contribution in [0.4, 0.5) is 0 Å². The Morgan fingerprint density at radius 1 is 0.923 bits per heavy atom. The average Bonchev–Trinajstić information content (AvgIpc) is 3.21. The number of thiocarbonyl (C=S) groups is 1. The highest BCUT2D eigenvalue weighted by Crippen LogP contribution is 2.35. The molecule has 0 bridgehead atoms. The highest BCUT2D eigenvalue weighted by molar-refractivity contribution is 8.26. The van der Waals surface area contributed by atoms with E-state index in [2.05, 4.69) is 26.0 Å². The number of carbonyl (C=O) groups excluding carboxylic acids is 1. The first-order chi connectivity index (χ1) is 19.0. The summed E-state index contributed by atoms with van der Waals surface area (Å²) in [6, 6.07) is 23.9. The molecule has 39 heavy (non-hydrogen) atoms. The number of rotatable bonds is 13. The maximum Gasteiger partial charge on any atom is 0.266 e. The lowest BCUT2D eigenvalue weighted by Gasteiger charge is -2.14. The summed E-state index contributed by atoms with van der Waals surface area (Å²) in [5, 5.41) is 0. The number of amides is 1. The second kappa shape index (κ2) is 14.2. The molecule has 1 fully saturated rings. The number of ether oxygens (including phenoxy) is 3. The van der Waals surface area contributed by atoms with Gasteiger partial charge >= 0.3 is 0 Å². The van der Waals surface area contributed by atoms with Gasteiger partial charge in [0.15, 0.2) is 11.5 Å². The lowest BCUT2D eigenvalue weighted by Crippen LogP contribution is -2.27. The van der Waals surface area contributed by atoms with Crippen molar-refractivity contribution in [2.75, 3.05) is 19.8 Å². The summed E-state index contributed by atoms with van der Waals surface area (Å²) in [5.41, 5.74) is 3.23. The molecule has 5 nitrogen and oxygen atoms in total. The predicted octanol–water partition coefficient (Wildman–Crippen LogP) is 7.85. The van der Waals surface area contributed by atoms with Crippen LogP contribution in [0.5, 0.6) is 17.2 Å². The lowest BCUT2D eigenvalue weighted by molar-refractivity contribution is -0.122. The second-order valence-corrected chi connectivity index (χ2v) is 11.0. The molecule has 204 valence electrons. The van der Waals surface area contributed by atoms with Crippen molar-refractivity contribution in [1.29, 1.82) is 0 Å². The number of carbonyl (C=O) groups is 1. The summed E-state index contributed by atoms with van der Waals surface area (Å²) in [5.74, 6) is 2.66. The minimum Gasteiger partial charge on any atom is -0.493 e. The van der Waals surface area contributed by atoms with Gasteiger partial charge in [-0.25, -0.2) is 0 Å². The largest absolute Gasteiger partial charge is 0.493 e. The van der Waals surface area contributed by atoms with Crippen LogP contribution in [-0.2, 0) is 11.3 Å². The Balaban J connectivity index is 1.32. The second-order valence-electron chi connectivity index (χ2n) is 9.32. The fourth-order valence-corrected chi connectivity index (χ4v) is 5.37. The molecule has 1 heterocycles. The van der Waals surface area contributed by atoms with E-state index in [9.17, 15) is 4.79 Å². The first kappa shape index (κ1) is 28.7. The third-order valence-corrected chi connectivity index (χ3v) is 7.88. The summed E-state index contributed by atoms with van der Waals surface area (Å²) >= 11 is 6.81. The first-order valence-electron chi connectivity index (χ1n) is 13.4. The molecule has 0 saturated carbocycles. The van der Waals surface area contributed by atoms with Crippen LogP contribution in [0.2, 0.25) is 0 Å². The van der Waals surface area contributed by atoms with Crippen LogP contribution in [0.1, 0.15) is 56.2 Å². The predicted molar refractivity (Wildman–Crippen MR) is 164 cm³/mol. The van der Waals surface area contributed by atoms with Crippen LogP contribution in [0.3, 0.4) is 0 Å². The van der Waals surface area contributed by atoms with Crippen molar-refractivity contribution >= 4 is 40.3 Å². The Morgan fingerprint density at radius 2 is 1.67 bits per heavy atom. The Morgan fingerprint density at radius 3 is 2.38 bits per heavy atom. The van der Waals surface area contributed by atoms with E-state index in [4.69, 9.17) is 26.4 Å². The molecule has 3 aromatic carbocycles. The molecule has 0 aliphatic carbocycles. The summed E-state index contributed by atoms with van der Waals surface area (Å²) in [4.78, 5) is 15.3. The molecule has 4 rings (SSSR count). The van der Waals surface area contributed by atoms with E-state index >= 15 is 0 Å². The monoisotopic (exact) mass is 561 g/mol. The maximum absolute atomic E-state index is 13.0. The molecule has 1 amide bonds. The topological polar surface area (TPSA) is 48.0 Å². The zero-order valence-corrected chi connectivity index (χ0v) is 24.4. The summed E-state index contributed by atoms with van der Waals surface area (Å²) in [7, 11) is 0. The highest BCUT2D eigenvalue weighted by atomic mass is 32.2. The normalized spacial score (nSPS) is 15.1. The van der Waals surface area contributed by atoms with Crippen molar-refractivity contribution < 1.29 is 19.0 Å². The average molecular weight is 562 g/mol. The number of hydrogen-bond acceptors (Lipinski definition) is 6. The number of hydrogen-bond donors (Lipinski definition) is 0. The van der Waals surface area contributed by atoms with Crippen molar-refractivity contribution in [1.82, 2.24) is 4.90 Å². The molecule has 7 heteroatoms. The quantitative estimate of drug-likeness (QED) is 0.120. The molecule has 0 radical (unpaired) electrons. The number of benzene rings is 3. The van der Waals surface area contributed by atoms with Gasteiger partial charge in [0, 0.05) is 6.42 Å². The van der Waals surface area contributed by atoms with Gasteiger partial charge < -0.3 is 14.2 Å². The SMILES string of the molecule is CCOc1cc(/C=C2/SC(=S)N(Cc3ccccc3)C2=O)ccc1OCCCOc1ccc([C@@H](C)CC)cc1. The van der Waals surface area contributed by atoms with E-state index in [0.717, 1.165) is 29.7 Å². The molecule has 3 aromatic rings. The minimum absolute atomic E-state index is 0.0818. The zero-order chi connectivity index (χ0) is 27.6. The molecule has 1 saturated heterocycles. The maximum atomic E-state index is 13.0. The smallest absolute Gasteiger partial charge is 0.266 e. The van der Waals surface area contributed by atoms with Gasteiger partial charge in [-0.15, -0.1) is 0 Å². The Hall–Kier alpha value is -3.29. The third-order valence-electron chi connectivity index (χ3n) is 6.50. The van der Waals surface area contributed by atoms with Gasteiger partial charge in [-0.1, -0.05) is 86.4 Å². The zero-order valence-electron chi connectivity index (χ0n) is 22.7. The minimum atomic E-state index is -0.0818. The first-order valence-corrected chi connectivity index (χ1v) is 14.6. The van der Waals surface area contributed by atoms with Crippen LogP contribution in [0, 0.1) is 0 Å². The van der Waals surface area contributed by atoms with Gasteiger partial charge in [0.25, 0.3) is 5.91 Å². The molecular formula is C32H35NO4S2. The summed E-state index contributed by atoms with van der Waals surface area (Å²) < 4.78 is 18.3. The number of nitrogens with zero attached hydrogens (tertiary/aromatic N) is 1. The summed E-state index contributed by atoms with van der Waals surface area (Å²) in [6.07, 6.45) is 3.72. The molecule has 0 unspecified atom stereocenters. The van der Waals surface area contributed by atoms with Crippen LogP contribution in [0.25, 0.3) is 6.08 Å². The summed E-state index contributed by atoms with van der Waals surface area (Å²) in [6.45, 7) is 8.41. The van der Waals surface area contributed by atoms with Crippen molar-refractivity contribution in [2.24, 2.45) is 0 Å². The van der Waals surface area contributed by atoms with Crippen LogP contribution >= 0.6 is 24.0 Å². The van der Waals surface area contributed by atoms with Gasteiger partial charge in [-0.3, -0.25) is 9.69 Å². The molecule has 1 aliphatic heterocycles. The standard InChI is InChI=1S/C32H35NO4S2/c1-4-23(3)26-13-15-27(16-14-26)36-18-9-19-37-28-17-12-25(20-29(28)35-5-2)21-30-31(34)33(32(38)39-30)22-24-10-7-6-8-11-24/h6-8,10-17,20-21,23H,4-5,9,18-19,22H2,1-3H3/b30-21+/t23-/m0/s1. The van der Waals surface area contributed by atoms with E-state index in [1.54, 1.807) is 4.90 Å². The van der Waals surface area contributed by atoms with Crippen LogP contribution in [0.15, 0.2) is 77.7 Å². The Kier molecular flexibility index (Phi) is 10.5. The van der Waals surface area contributed by atoms with Crippen LogP contribution < -0.4 is 14.2 Å².